The van der Waals surface area contributed by atoms with Crippen LogP contribution in [-0.4, -0.2) is 7.11 Å². The van der Waals surface area contributed by atoms with Gasteiger partial charge >= 0.3 is 0 Å². The molecule has 2 aromatic rings. The summed E-state index contributed by atoms with van der Waals surface area (Å²) in [5.41, 5.74) is 2.84. The molecule has 94 valence electrons. The lowest BCUT2D eigenvalue weighted by molar-refractivity contribution is 0.415. The number of methoxy groups -OCH3 is 1. The topological polar surface area (TPSA) is 21.3 Å². The van der Waals surface area contributed by atoms with Gasteiger partial charge in [0.05, 0.1) is 17.2 Å². The molecule has 0 radical (unpaired) electrons. The molecule has 0 saturated carbocycles. The summed E-state index contributed by atoms with van der Waals surface area (Å²) in [6, 6.07) is 11.4. The molecule has 0 aromatic heterocycles. The van der Waals surface area contributed by atoms with E-state index in [1.165, 1.54) is 0 Å². The van der Waals surface area contributed by atoms with Crippen molar-refractivity contribution in [3.8, 4) is 5.75 Å². The van der Waals surface area contributed by atoms with Gasteiger partial charge in [-0.3, -0.25) is 0 Å². The van der Waals surface area contributed by atoms with Crippen molar-refractivity contribution in [2.75, 3.05) is 12.4 Å². The van der Waals surface area contributed by atoms with Crippen LogP contribution in [0, 0.1) is 6.92 Å². The molecule has 0 saturated heterocycles. The highest BCUT2D eigenvalue weighted by atomic mass is 35.5. The average Bonchev–Trinajstić information content (AvgIpc) is 2.40. The molecular weight excluding hydrogens is 269 g/mol. The van der Waals surface area contributed by atoms with Gasteiger partial charge in [-0.2, -0.15) is 0 Å². The van der Waals surface area contributed by atoms with E-state index in [0.717, 1.165) is 22.7 Å². The molecule has 2 rings (SSSR count). The normalized spacial score (nSPS) is 10.2. The minimum absolute atomic E-state index is 0.564. The van der Waals surface area contributed by atoms with Crippen LogP contribution in [0.25, 0.3) is 0 Å². The van der Waals surface area contributed by atoms with E-state index in [9.17, 15) is 0 Å². The van der Waals surface area contributed by atoms with E-state index in [1.807, 2.05) is 37.3 Å². The fourth-order valence-electron chi connectivity index (χ4n) is 1.62. The first-order valence-corrected chi connectivity index (χ1v) is 6.23. The maximum Gasteiger partial charge on any atom is 0.119 e. The molecule has 0 fully saturated rings. The maximum atomic E-state index is 6.10. The highest BCUT2D eigenvalue weighted by molar-refractivity contribution is 6.42. The Kier molecular flexibility index (Phi) is 4.00. The third-order valence-electron chi connectivity index (χ3n) is 2.71. The summed E-state index contributed by atoms with van der Waals surface area (Å²) in [7, 11) is 1.64. The zero-order valence-corrected chi connectivity index (χ0v) is 11.6. The Balaban J connectivity index is 2.25. The van der Waals surface area contributed by atoms with Gasteiger partial charge in [0, 0.05) is 11.4 Å². The molecule has 0 unspecified atom stereocenters. The van der Waals surface area contributed by atoms with E-state index in [0.29, 0.717) is 10.0 Å². The lowest BCUT2D eigenvalue weighted by atomic mass is 10.2. The largest absolute Gasteiger partial charge is 0.497 e. The Hall–Kier alpha value is -1.38. The highest BCUT2D eigenvalue weighted by Gasteiger charge is 2.06. The predicted octanol–water partition coefficient (Wildman–Crippen LogP) is 5.05. The van der Waals surface area contributed by atoms with Crippen LogP contribution >= 0.6 is 23.2 Å². The van der Waals surface area contributed by atoms with Crippen molar-refractivity contribution in [1.82, 2.24) is 0 Å². The first-order chi connectivity index (χ1) is 8.61. The Morgan fingerprint density at radius 1 is 1.00 bits per heavy atom. The molecule has 0 aliphatic carbocycles. The first-order valence-electron chi connectivity index (χ1n) is 5.47. The van der Waals surface area contributed by atoms with Crippen LogP contribution in [0.2, 0.25) is 10.0 Å². The molecule has 0 aliphatic rings. The van der Waals surface area contributed by atoms with Gasteiger partial charge in [0.25, 0.3) is 0 Å². The number of halogens is 2. The van der Waals surface area contributed by atoms with Crippen LogP contribution < -0.4 is 10.1 Å². The van der Waals surface area contributed by atoms with E-state index < -0.39 is 0 Å². The molecule has 0 bridgehead atoms. The van der Waals surface area contributed by atoms with Gasteiger partial charge in [-0.15, -0.1) is 0 Å². The number of rotatable bonds is 3. The Morgan fingerprint density at radius 3 is 2.28 bits per heavy atom. The standard InChI is InChI=1S/C14H13Cl2NO/c1-9-13(8-7-12(15)14(9)16)17-10-3-5-11(18-2)6-4-10/h3-8,17H,1-2H3. The predicted molar refractivity (Wildman–Crippen MR) is 77.5 cm³/mol. The first kappa shape index (κ1) is 13.1. The van der Waals surface area contributed by atoms with Crippen LogP contribution in [0.3, 0.4) is 0 Å². The number of ether oxygens (including phenoxy) is 1. The van der Waals surface area contributed by atoms with Crippen molar-refractivity contribution >= 4 is 34.6 Å². The summed E-state index contributed by atoms with van der Waals surface area (Å²) in [5.74, 6) is 0.825. The Bertz CT molecular complexity index is 552. The maximum absolute atomic E-state index is 6.10. The summed E-state index contributed by atoms with van der Waals surface area (Å²) in [4.78, 5) is 0. The lowest BCUT2D eigenvalue weighted by Crippen LogP contribution is -1.94. The van der Waals surface area contributed by atoms with Crippen molar-refractivity contribution in [1.29, 1.82) is 0 Å². The molecular formula is C14H13Cl2NO. The van der Waals surface area contributed by atoms with Crippen LogP contribution in [0.4, 0.5) is 11.4 Å². The Morgan fingerprint density at radius 2 is 1.67 bits per heavy atom. The smallest absolute Gasteiger partial charge is 0.119 e. The molecule has 0 aliphatic heterocycles. The molecule has 4 heteroatoms. The number of anilines is 2. The van der Waals surface area contributed by atoms with Gasteiger partial charge in [0.15, 0.2) is 0 Å². The molecule has 2 nitrogen and oxygen atoms in total. The van der Waals surface area contributed by atoms with Crippen molar-refractivity contribution in [3.63, 3.8) is 0 Å². The Labute approximate surface area is 116 Å². The summed E-state index contributed by atoms with van der Waals surface area (Å²) >= 11 is 12.1. The van der Waals surface area contributed by atoms with Gasteiger partial charge in [-0.25, -0.2) is 0 Å². The second-order valence-corrected chi connectivity index (χ2v) is 4.67. The molecule has 18 heavy (non-hydrogen) atoms. The van der Waals surface area contributed by atoms with E-state index in [4.69, 9.17) is 27.9 Å². The quantitative estimate of drug-likeness (QED) is 0.850. The molecule has 1 N–H and O–H groups in total. The number of hydrogen-bond acceptors (Lipinski definition) is 2. The van der Waals surface area contributed by atoms with Crippen molar-refractivity contribution in [3.05, 3.63) is 52.0 Å². The van der Waals surface area contributed by atoms with E-state index in [-0.39, 0.29) is 0 Å². The second kappa shape index (κ2) is 5.51. The fourth-order valence-corrected chi connectivity index (χ4v) is 1.99. The van der Waals surface area contributed by atoms with Gasteiger partial charge in [-0.1, -0.05) is 23.2 Å². The van der Waals surface area contributed by atoms with Gasteiger partial charge < -0.3 is 10.1 Å². The third-order valence-corrected chi connectivity index (χ3v) is 3.61. The second-order valence-electron chi connectivity index (χ2n) is 3.89. The van der Waals surface area contributed by atoms with E-state index in [1.54, 1.807) is 13.2 Å². The number of nitrogens with one attached hydrogen (secondary N) is 1. The fraction of sp³-hybridized carbons (Fsp3) is 0.143. The number of hydrogen-bond donors (Lipinski definition) is 1. The monoisotopic (exact) mass is 281 g/mol. The minimum atomic E-state index is 0.564. The minimum Gasteiger partial charge on any atom is -0.497 e. The van der Waals surface area contributed by atoms with E-state index in [2.05, 4.69) is 5.32 Å². The number of benzene rings is 2. The molecule has 0 amide bonds. The zero-order chi connectivity index (χ0) is 13.1. The molecule has 0 spiro atoms. The highest BCUT2D eigenvalue weighted by Crippen LogP contribution is 2.32. The summed E-state index contributed by atoms with van der Waals surface area (Å²) in [6.45, 7) is 1.93. The zero-order valence-electron chi connectivity index (χ0n) is 10.1. The third kappa shape index (κ3) is 2.71. The molecule has 2 aromatic carbocycles. The van der Waals surface area contributed by atoms with Crippen LogP contribution in [0.1, 0.15) is 5.56 Å². The van der Waals surface area contributed by atoms with Gasteiger partial charge in [-0.05, 0) is 48.9 Å². The van der Waals surface area contributed by atoms with Crippen LogP contribution in [-0.2, 0) is 0 Å². The van der Waals surface area contributed by atoms with Crippen molar-refractivity contribution in [2.45, 2.75) is 6.92 Å². The summed E-state index contributed by atoms with van der Waals surface area (Å²) in [5, 5.41) is 4.44. The van der Waals surface area contributed by atoms with Crippen LogP contribution in [0.15, 0.2) is 36.4 Å². The molecule has 0 atom stereocenters. The van der Waals surface area contributed by atoms with Gasteiger partial charge in [0.2, 0.25) is 0 Å². The summed E-state index contributed by atoms with van der Waals surface area (Å²) in [6.07, 6.45) is 0. The van der Waals surface area contributed by atoms with Crippen LogP contribution in [0.5, 0.6) is 5.75 Å². The van der Waals surface area contributed by atoms with E-state index >= 15 is 0 Å². The molecule has 0 heterocycles. The van der Waals surface area contributed by atoms with Gasteiger partial charge in [0.1, 0.15) is 5.75 Å². The SMILES string of the molecule is COc1ccc(Nc2ccc(Cl)c(Cl)c2C)cc1. The van der Waals surface area contributed by atoms with Crippen molar-refractivity contribution < 1.29 is 4.74 Å². The lowest BCUT2D eigenvalue weighted by Gasteiger charge is -2.12. The average molecular weight is 282 g/mol. The summed E-state index contributed by atoms with van der Waals surface area (Å²) < 4.78 is 5.11. The van der Waals surface area contributed by atoms with Crippen molar-refractivity contribution in [2.24, 2.45) is 0 Å².